The molecule has 1 saturated heterocycles. The Morgan fingerprint density at radius 1 is 1.37 bits per heavy atom. The first-order chi connectivity index (χ1) is 8.86. The monoisotopic (exact) mass is 285 g/mol. The Labute approximate surface area is 115 Å². The summed E-state index contributed by atoms with van der Waals surface area (Å²) in [6.45, 7) is 3.35. The Bertz CT molecular complexity index is 528. The van der Waals surface area contributed by atoms with Gasteiger partial charge < -0.3 is 4.57 Å². The SMILES string of the molecule is Cc1cn(C)c(CCC2CCN(S(C)(=O)=O)CC2)n1. The molecule has 0 aliphatic carbocycles. The highest BCUT2D eigenvalue weighted by Crippen LogP contribution is 2.23. The lowest BCUT2D eigenvalue weighted by Gasteiger charge is -2.30. The fourth-order valence-electron chi connectivity index (χ4n) is 2.76. The molecule has 0 radical (unpaired) electrons. The van der Waals surface area contributed by atoms with Crippen molar-refractivity contribution in [3.8, 4) is 0 Å². The van der Waals surface area contributed by atoms with E-state index in [0.29, 0.717) is 19.0 Å². The maximum Gasteiger partial charge on any atom is 0.211 e. The van der Waals surface area contributed by atoms with Gasteiger partial charge in [0.15, 0.2) is 0 Å². The second-order valence-corrected chi connectivity index (χ2v) is 7.54. The Kier molecular flexibility index (Phi) is 4.30. The van der Waals surface area contributed by atoms with E-state index in [1.807, 2.05) is 20.2 Å². The lowest BCUT2D eigenvalue weighted by molar-refractivity contribution is 0.263. The van der Waals surface area contributed by atoms with Crippen molar-refractivity contribution in [3.05, 3.63) is 17.7 Å². The second kappa shape index (κ2) is 5.63. The Hall–Kier alpha value is -0.880. The third kappa shape index (κ3) is 3.79. The minimum Gasteiger partial charge on any atom is -0.338 e. The van der Waals surface area contributed by atoms with E-state index in [4.69, 9.17) is 0 Å². The van der Waals surface area contributed by atoms with Gasteiger partial charge in [-0.2, -0.15) is 0 Å². The maximum absolute atomic E-state index is 11.4. The molecule has 2 heterocycles. The molecular formula is C13H23N3O2S. The first kappa shape index (κ1) is 14.5. The van der Waals surface area contributed by atoms with Crippen molar-refractivity contribution in [1.29, 1.82) is 0 Å². The lowest BCUT2D eigenvalue weighted by Crippen LogP contribution is -2.37. The summed E-state index contributed by atoms with van der Waals surface area (Å²) in [7, 11) is -0.974. The zero-order chi connectivity index (χ0) is 14.0. The molecule has 108 valence electrons. The van der Waals surface area contributed by atoms with E-state index in [9.17, 15) is 8.42 Å². The third-order valence-corrected chi connectivity index (χ3v) is 5.21. The summed E-state index contributed by atoms with van der Waals surface area (Å²) in [5.41, 5.74) is 1.06. The molecule has 1 fully saturated rings. The Balaban J connectivity index is 1.82. The molecule has 2 rings (SSSR count). The first-order valence-electron chi connectivity index (χ1n) is 6.80. The molecule has 0 aromatic carbocycles. The van der Waals surface area contributed by atoms with Crippen molar-refractivity contribution in [2.24, 2.45) is 13.0 Å². The number of sulfonamides is 1. The highest BCUT2D eigenvalue weighted by Gasteiger charge is 2.24. The Morgan fingerprint density at radius 2 is 2.00 bits per heavy atom. The summed E-state index contributed by atoms with van der Waals surface area (Å²) in [5.74, 6) is 1.75. The zero-order valence-corrected chi connectivity index (χ0v) is 12.8. The molecule has 0 unspecified atom stereocenters. The number of imidazole rings is 1. The fourth-order valence-corrected chi connectivity index (χ4v) is 3.64. The van der Waals surface area contributed by atoms with E-state index in [0.717, 1.165) is 37.2 Å². The minimum atomic E-state index is -3.00. The highest BCUT2D eigenvalue weighted by molar-refractivity contribution is 7.88. The molecule has 1 aromatic rings. The summed E-state index contributed by atoms with van der Waals surface area (Å²) in [6, 6.07) is 0. The van der Waals surface area contributed by atoms with Gasteiger partial charge in [-0.1, -0.05) is 0 Å². The second-order valence-electron chi connectivity index (χ2n) is 5.55. The molecule has 6 heteroatoms. The van der Waals surface area contributed by atoms with Crippen LogP contribution < -0.4 is 0 Å². The summed E-state index contributed by atoms with van der Waals surface area (Å²) in [4.78, 5) is 4.51. The van der Waals surface area contributed by atoms with E-state index < -0.39 is 10.0 Å². The number of rotatable bonds is 4. The largest absolute Gasteiger partial charge is 0.338 e. The van der Waals surface area contributed by atoms with E-state index >= 15 is 0 Å². The van der Waals surface area contributed by atoms with Crippen LogP contribution in [-0.4, -0.2) is 41.6 Å². The van der Waals surface area contributed by atoms with Gasteiger partial charge in [0.05, 0.1) is 11.9 Å². The van der Waals surface area contributed by atoms with Crippen molar-refractivity contribution in [3.63, 3.8) is 0 Å². The van der Waals surface area contributed by atoms with Crippen LogP contribution >= 0.6 is 0 Å². The molecular weight excluding hydrogens is 262 g/mol. The van der Waals surface area contributed by atoms with Gasteiger partial charge in [-0.25, -0.2) is 17.7 Å². The van der Waals surface area contributed by atoms with E-state index in [1.54, 1.807) is 4.31 Å². The number of hydrogen-bond donors (Lipinski definition) is 0. The molecule has 1 aromatic heterocycles. The van der Waals surface area contributed by atoms with E-state index in [2.05, 4.69) is 9.55 Å². The predicted molar refractivity (Wildman–Crippen MR) is 75.4 cm³/mol. The Morgan fingerprint density at radius 3 is 2.47 bits per heavy atom. The smallest absolute Gasteiger partial charge is 0.211 e. The molecule has 19 heavy (non-hydrogen) atoms. The quantitative estimate of drug-likeness (QED) is 0.838. The molecule has 0 N–H and O–H groups in total. The first-order valence-corrected chi connectivity index (χ1v) is 8.65. The zero-order valence-electron chi connectivity index (χ0n) is 12.0. The normalized spacial score (nSPS) is 18.9. The molecule has 5 nitrogen and oxygen atoms in total. The van der Waals surface area contributed by atoms with Crippen LogP contribution in [0, 0.1) is 12.8 Å². The number of piperidine rings is 1. The molecule has 0 atom stereocenters. The minimum absolute atomic E-state index is 0.620. The van der Waals surface area contributed by atoms with Gasteiger partial charge in [0.25, 0.3) is 0 Å². The number of hydrogen-bond acceptors (Lipinski definition) is 3. The van der Waals surface area contributed by atoms with Crippen LogP contribution in [0.1, 0.15) is 30.8 Å². The molecule has 0 saturated carbocycles. The van der Waals surface area contributed by atoms with Gasteiger partial charge in [0, 0.05) is 32.8 Å². The van der Waals surface area contributed by atoms with Gasteiger partial charge in [-0.15, -0.1) is 0 Å². The van der Waals surface area contributed by atoms with Crippen LogP contribution in [0.5, 0.6) is 0 Å². The topological polar surface area (TPSA) is 55.2 Å². The highest BCUT2D eigenvalue weighted by atomic mass is 32.2. The van der Waals surface area contributed by atoms with Gasteiger partial charge in [-0.05, 0) is 32.1 Å². The lowest BCUT2D eigenvalue weighted by atomic mass is 9.93. The molecule has 0 spiro atoms. The van der Waals surface area contributed by atoms with Gasteiger partial charge >= 0.3 is 0 Å². The molecule has 1 aliphatic rings. The average molecular weight is 285 g/mol. The van der Waals surface area contributed by atoms with E-state index in [-0.39, 0.29) is 0 Å². The van der Waals surface area contributed by atoms with Crippen LogP contribution in [0.4, 0.5) is 0 Å². The van der Waals surface area contributed by atoms with Gasteiger partial charge in [-0.3, -0.25) is 0 Å². The van der Waals surface area contributed by atoms with Crippen molar-refractivity contribution in [2.75, 3.05) is 19.3 Å². The van der Waals surface area contributed by atoms with Crippen molar-refractivity contribution in [2.45, 2.75) is 32.6 Å². The standard InChI is InChI=1S/C13H23N3O2S/c1-11-10-15(2)13(14-11)5-4-12-6-8-16(9-7-12)19(3,17)18/h10,12H,4-9H2,1-3H3. The summed E-state index contributed by atoms with van der Waals surface area (Å²) in [5, 5.41) is 0. The maximum atomic E-state index is 11.4. The van der Waals surface area contributed by atoms with Crippen LogP contribution in [0.2, 0.25) is 0 Å². The molecule has 0 amide bonds. The van der Waals surface area contributed by atoms with Crippen LogP contribution in [0.3, 0.4) is 0 Å². The number of nitrogens with zero attached hydrogens (tertiary/aromatic N) is 3. The van der Waals surface area contributed by atoms with E-state index in [1.165, 1.54) is 6.26 Å². The number of aryl methyl sites for hydroxylation is 3. The third-order valence-electron chi connectivity index (χ3n) is 3.91. The summed E-state index contributed by atoms with van der Waals surface area (Å²) < 4.78 is 26.5. The van der Waals surface area contributed by atoms with Gasteiger partial charge in [0.1, 0.15) is 5.82 Å². The van der Waals surface area contributed by atoms with Crippen LogP contribution in [0.25, 0.3) is 0 Å². The van der Waals surface area contributed by atoms with Crippen molar-refractivity contribution >= 4 is 10.0 Å². The predicted octanol–water partition coefficient (Wildman–Crippen LogP) is 1.33. The summed E-state index contributed by atoms with van der Waals surface area (Å²) in [6.07, 6.45) is 7.36. The molecule has 1 aliphatic heterocycles. The fraction of sp³-hybridized carbons (Fsp3) is 0.769. The van der Waals surface area contributed by atoms with Crippen molar-refractivity contribution in [1.82, 2.24) is 13.9 Å². The average Bonchev–Trinajstić information content (AvgIpc) is 2.65. The van der Waals surface area contributed by atoms with Crippen LogP contribution in [0.15, 0.2) is 6.20 Å². The molecule has 0 bridgehead atoms. The van der Waals surface area contributed by atoms with Crippen LogP contribution in [-0.2, 0) is 23.5 Å². The van der Waals surface area contributed by atoms with Crippen molar-refractivity contribution < 1.29 is 8.42 Å². The summed E-state index contributed by atoms with van der Waals surface area (Å²) >= 11 is 0. The van der Waals surface area contributed by atoms with Gasteiger partial charge in [0.2, 0.25) is 10.0 Å². The number of aromatic nitrogens is 2.